The Kier molecular flexibility index (Phi) is 3.88. The Morgan fingerprint density at radius 2 is 2.05 bits per heavy atom. The number of fused-ring (bicyclic) bond motifs is 1. The Labute approximate surface area is 116 Å². The van der Waals surface area contributed by atoms with Crippen molar-refractivity contribution in [2.24, 2.45) is 5.92 Å². The summed E-state index contributed by atoms with van der Waals surface area (Å²) in [5.41, 5.74) is 1.48. The molecule has 106 valence electrons. The number of aliphatic carboxylic acids is 1. The van der Waals surface area contributed by atoms with Gasteiger partial charge in [0.25, 0.3) is 5.56 Å². The molecule has 1 N–H and O–H groups in total. The van der Waals surface area contributed by atoms with E-state index in [1.165, 1.54) is 0 Å². The number of benzene rings is 1. The van der Waals surface area contributed by atoms with Gasteiger partial charge < -0.3 is 5.11 Å². The van der Waals surface area contributed by atoms with Crippen LogP contribution in [-0.4, -0.2) is 20.9 Å². The third-order valence-corrected chi connectivity index (χ3v) is 3.08. The first-order valence-corrected chi connectivity index (χ1v) is 6.60. The molecule has 0 aliphatic heterocycles. The van der Waals surface area contributed by atoms with Crippen molar-refractivity contribution in [3.8, 4) is 0 Å². The van der Waals surface area contributed by atoms with E-state index in [4.69, 9.17) is 5.11 Å². The number of carboxylic acids is 1. The zero-order chi connectivity index (χ0) is 14.9. The van der Waals surface area contributed by atoms with Gasteiger partial charge in [0.05, 0.1) is 11.1 Å². The van der Waals surface area contributed by atoms with Crippen molar-refractivity contribution in [3.05, 3.63) is 39.8 Å². The minimum absolute atomic E-state index is 0.352. The molecule has 1 heterocycles. The van der Waals surface area contributed by atoms with Crippen LogP contribution in [0.25, 0.3) is 10.8 Å². The van der Waals surface area contributed by atoms with Crippen molar-refractivity contribution < 1.29 is 9.90 Å². The number of carboxylic acid groups (broad SMARTS) is 1. The van der Waals surface area contributed by atoms with E-state index in [2.05, 4.69) is 18.9 Å². The third-order valence-electron chi connectivity index (χ3n) is 3.08. The second kappa shape index (κ2) is 5.45. The van der Waals surface area contributed by atoms with Gasteiger partial charge in [-0.05, 0) is 31.4 Å². The minimum Gasteiger partial charge on any atom is -0.480 e. The van der Waals surface area contributed by atoms with E-state index in [-0.39, 0.29) is 5.56 Å². The van der Waals surface area contributed by atoms with E-state index in [1.54, 1.807) is 6.07 Å². The van der Waals surface area contributed by atoms with Crippen molar-refractivity contribution in [2.45, 2.75) is 33.7 Å². The summed E-state index contributed by atoms with van der Waals surface area (Å²) in [5.74, 6) is -0.691. The third kappa shape index (κ3) is 2.87. The summed E-state index contributed by atoms with van der Waals surface area (Å²) >= 11 is 0. The fourth-order valence-electron chi connectivity index (χ4n) is 2.24. The summed E-state index contributed by atoms with van der Waals surface area (Å²) in [6.07, 6.45) is 0.708. The summed E-state index contributed by atoms with van der Waals surface area (Å²) in [4.78, 5) is 23.1. The maximum atomic E-state index is 12.3. The highest BCUT2D eigenvalue weighted by atomic mass is 16.4. The number of aryl methyl sites for hydroxylation is 1. The molecule has 0 saturated carbocycles. The van der Waals surface area contributed by atoms with Crippen molar-refractivity contribution in [1.29, 1.82) is 0 Å². The zero-order valence-electron chi connectivity index (χ0n) is 11.9. The molecule has 2 aromatic rings. The number of hydrogen-bond donors (Lipinski definition) is 1. The van der Waals surface area contributed by atoms with Crippen LogP contribution in [0, 0.1) is 12.8 Å². The van der Waals surface area contributed by atoms with Gasteiger partial charge in [-0.15, -0.1) is 0 Å². The van der Waals surface area contributed by atoms with Crippen LogP contribution >= 0.6 is 0 Å². The van der Waals surface area contributed by atoms with Gasteiger partial charge >= 0.3 is 5.97 Å². The fraction of sp³-hybridized carbons (Fsp3) is 0.400. The highest BCUT2D eigenvalue weighted by Crippen LogP contribution is 2.18. The summed E-state index contributed by atoms with van der Waals surface area (Å²) < 4.78 is 1.04. The highest BCUT2D eigenvalue weighted by Gasteiger charge is 2.13. The Balaban J connectivity index is 2.73. The Morgan fingerprint density at radius 3 is 2.65 bits per heavy atom. The lowest BCUT2D eigenvalue weighted by atomic mass is 10.0. The molecule has 0 amide bonds. The number of rotatable bonds is 4. The average molecular weight is 274 g/mol. The van der Waals surface area contributed by atoms with E-state index in [1.807, 2.05) is 19.1 Å². The molecule has 0 spiro atoms. The largest absolute Gasteiger partial charge is 0.480 e. The second-order valence-corrected chi connectivity index (χ2v) is 5.45. The Morgan fingerprint density at radius 1 is 1.35 bits per heavy atom. The average Bonchev–Trinajstić information content (AvgIpc) is 2.33. The van der Waals surface area contributed by atoms with Gasteiger partial charge in [0.15, 0.2) is 0 Å². The molecule has 1 aromatic carbocycles. The number of aromatic nitrogens is 2. The van der Waals surface area contributed by atoms with Crippen molar-refractivity contribution in [3.63, 3.8) is 0 Å². The van der Waals surface area contributed by atoms with Gasteiger partial charge in [0.2, 0.25) is 0 Å². The van der Waals surface area contributed by atoms with E-state index in [9.17, 15) is 9.59 Å². The van der Waals surface area contributed by atoms with E-state index in [0.717, 1.165) is 21.3 Å². The molecule has 0 radical (unpaired) electrons. The summed E-state index contributed by atoms with van der Waals surface area (Å²) in [6.45, 7) is 5.68. The fourth-order valence-corrected chi connectivity index (χ4v) is 2.24. The molecule has 0 fully saturated rings. The van der Waals surface area contributed by atoms with Crippen LogP contribution in [0.1, 0.15) is 25.1 Å². The summed E-state index contributed by atoms with van der Waals surface area (Å²) in [7, 11) is 0. The van der Waals surface area contributed by atoms with Gasteiger partial charge in [-0.2, -0.15) is 5.10 Å². The molecule has 2 rings (SSSR count). The second-order valence-electron chi connectivity index (χ2n) is 5.45. The first-order valence-electron chi connectivity index (χ1n) is 6.60. The Hall–Kier alpha value is -2.17. The predicted molar refractivity (Wildman–Crippen MR) is 76.9 cm³/mol. The van der Waals surface area contributed by atoms with Crippen molar-refractivity contribution in [2.75, 3.05) is 0 Å². The van der Waals surface area contributed by atoms with E-state index < -0.39 is 12.5 Å². The quantitative estimate of drug-likeness (QED) is 0.925. The maximum absolute atomic E-state index is 12.3. The molecule has 0 aliphatic carbocycles. The molecular formula is C15H18N2O3. The normalized spacial score (nSPS) is 11.2. The standard InChI is InChI=1S/C15H18N2O3/c1-9(2)6-13-12-7-10(3)4-5-11(12)15(20)17(16-13)8-14(18)19/h4-5,7,9H,6,8H2,1-3H3,(H,18,19). The van der Waals surface area contributed by atoms with Crippen LogP contribution in [0.3, 0.4) is 0 Å². The topological polar surface area (TPSA) is 72.2 Å². The minimum atomic E-state index is -1.07. The molecule has 0 unspecified atom stereocenters. The SMILES string of the molecule is Cc1ccc2c(=O)n(CC(=O)O)nc(CC(C)C)c2c1. The molecule has 5 nitrogen and oxygen atoms in total. The van der Waals surface area contributed by atoms with Crippen molar-refractivity contribution in [1.82, 2.24) is 9.78 Å². The van der Waals surface area contributed by atoms with Crippen LogP contribution < -0.4 is 5.56 Å². The number of carbonyl (C=O) groups is 1. The molecule has 0 bridgehead atoms. The van der Waals surface area contributed by atoms with Crippen LogP contribution in [-0.2, 0) is 17.8 Å². The molecule has 0 aliphatic rings. The molecule has 0 atom stereocenters. The first kappa shape index (κ1) is 14.2. The highest BCUT2D eigenvalue weighted by molar-refractivity contribution is 5.84. The van der Waals surface area contributed by atoms with Crippen molar-refractivity contribution >= 4 is 16.7 Å². The van der Waals surface area contributed by atoms with Crippen LogP contribution in [0.4, 0.5) is 0 Å². The number of nitrogens with zero attached hydrogens (tertiary/aromatic N) is 2. The lowest BCUT2D eigenvalue weighted by Crippen LogP contribution is -2.28. The van der Waals surface area contributed by atoms with Crippen LogP contribution in [0.15, 0.2) is 23.0 Å². The lowest BCUT2D eigenvalue weighted by Gasteiger charge is -2.11. The summed E-state index contributed by atoms with van der Waals surface area (Å²) in [6, 6.07) is 5.54. The molecule has 20 heavy (non-hydrogen) atoms. The maximum Gasteiger partial charge on any atom is 0.325 e. The van der Waals surface area contributed by atoms with Crippen LogP contribution in [0.5, 0.6) is 0 Å². The van der Waals surface area contributed by atoms with Gasteiger partial charge in [-0.1, -0.05) is 25.5 Å². The van der Waals surface area contributed by atoms with E-state index in [0.29, 0.717) is 17.7 Å². The smallest absolute Gasteiger partial charge is 0.325 e. The lowest BCUT2D eigenvalue weighted by molar-refractivity contribution is -0.138. The van der Waals surface area contributed by atoms with Gasteiger partial charge in [-0.25, -0.2) is 4.68 Å². The predicted octanol–water partition coefficient (Wildman–Crippen LogP) is 1.99. The van der Waals surface area contributed by atoms with Gasteiger partial charge in [0, 0.05) is 5.39 Å². The molecular weight excluding hydrogens is 256 g/mol. The Bertz CT molecular complexity index is 717. The molecule has 0 saturated heterocycles. The first-order chi connectivity index (χ1) is 9.38. The van der Waals surface area contributed by atoms with Crippen LogP contribution in [0.2, 0.25) is 0 Å². The molecule has 5 heteroatoms. The van der Waals surface area contributed by atoms with Gasteiger partial charge in [0.1, 0.15) is 6.54 Å². The summed E-state index contributed by atoms with van der Waals surface area (Å²) in [5, 5.41) is 14.5. The zero-order valence-corrected chi connectivity index (χ0v) is 11.9. The number of hydrogen-bond acceptors (Lipinski definition) is 3. The monoisotopic (exact) mass is 274 g/mol. The van der Waals surface area contributed by atoms with E-state index >= 15 is 0 Å². The molecule has 1 aromatic heterocycles. The van der Waals surface area contributed by atoms with Gasteiger partial charge in [-0.3, -0.25) is 9.59 Å².